The van der Waals surface area contributed by atoms with Gasteiger partial charge in [-0.15, -0.1) is 0 Å². The molecule has 2 rings (SSSR count). The fourth-order valence-electron chi connectivity index (χ4n) is 2.13. The van der Waals surface area contributed by atoms with E-state index in [1.165, 1.54) is 0 Å². The number of amides is 1. The first-order valence-electron chi connectivity index (χ1n) is 5.94. The molecule has 1 fully saturated rings. The fraction of sp³-hybridized carbons (Fsp3) is 0.583. The molecule has 18 heavy (non-hydrogen) atoms. The monoisotopic (exact) mass is 290 g/mol. The summed E-state index contributed by atoms with van der Waals surface area (Å²) in [4.78, 5) is 12.1. The molecule has 1 saturated heterocycles. The van der Waals surface area contributed by atoms with Crippen molar-refractivity contribution < 1.29 is 9.53 Å². The molecule has 0 aromatic carbocycles. The molecule has 6 heteroatoms. The van der Waals surface area contributed by atoms with E-state index in [4.69, 9.17) is 27.9 Å². The number of hydrogen-bond donors (Lipinski definition) is 1. The smallest absolute Gasteiger partial charge is 0.268 e. The van der Waals surface area contributed by atoms with Gasteiger partial charge < -0.3 is 14.6 Å². The first kappa shape index (κ1) is 13.7. The van der Waals surface area contributed by atoms with Gasteiger partial charge in [0.05, 0.1) is 17.2 Å². The summed E-state index contributed by atoms with van der Waals surface area (Å²) in [6, 6.07) is 1.55. The van der Waals surface area contributed by atoms with E-state index in [-0.39, 0.29) is 18.1 Å². The Bertz CT molecular complexity index is 453. The molecule has 1 aromatic heterocycles. The van der Waals surface area contributed by atoms with Gasteiger partial charge in [-0.05, 0) is 25.8 Å². The van der Waals surface area contributed by atoms with Crippen LogP contribution in [0, 0.1) is 0 Å². The van der Waals surface area contributed by atoms with Crippen LogP contribution in [0.4, 0.5) is 0 Å². The minimum atomic E-state index is -0.186. The average Bonchev–Trinajstić information content (AvgIpc) is 2.94. The van der Waals surface area contributed by atoms with Crippen molar-refractivity contribution in [2.45, 2.75) is 31.9 Å². The van der Waals surface area contributed by atoms with Gasteiger partial charge in [0.15, 0.2) is 0 Å². The summed E-state index contributed by atoms with van der Waals surface area (Å²) in [6.45, 7) is 2.72. The van der Waals surface area contributed by atoms with E-state index in [1.807, 2.05) is 6.92 Å². The van der Waals surface area contributed by atoms with Gasteiger partial charge in [0.1, 0.15) is 10.8 Å². The Labute approximate surface area is 116 Å². The Morgan fingerprint density at radius 2 is 2.33 bits per heavy atom. The maximum absolute atomic E-state index is 12.1. The number of carbonyl (C=O) groups is 1. The van der Waals surface area contributed by atoms with E-state index < -0.39 is 0 Å². The molecule has 1 amide bonds. The predicted octanol–water partition coefficient (Wildman–Crippen LogP) is 2.63. The molecule has 2 heterocycles. The molecular formula is C12H16Cl2N2O2. The van der Waals surface area contributed by atoms with Crippen LogP contribution in [0.15, 0.2) is 6.07 Å². The molecule has 1 aliphatic heterocycles. The Hall–Kier alpha value is -0.710. The third kappa shape index (κ3) is 2.66. The molecule has 100 valence electrons. The second kappa shape index (κ2) is 5.51. The number of carbonyl (C=O) groups excluding carboxylic acids is 1. The van der Waals surface area contributed by atoms with E-state index in [0.29, 0.717) is 15.9 Å². The lowest BCUT2D eigenvalue weighted by atomic mass is 10.1. The predicted molar refractivity (Wildman–Crippen MR) is 71.3 cm³/mol. The van der Waals surface area contributed by atoms with Crippen molar-refractivity contribution >= 4 is 29.1 Å². The van der Waals surface area contributed by atoms with Crippen LogP contribution < -0.4 is 5.32 Å². The van der Waals surface area contributed by atoms with Gasteiger partial charge in [-0.1, -0.05) is 23.2 Å². The van der Waals surface area contributed by atoms with Gasteiger partial charge in [0, 0.05) is 13.7 Å². The second-order valence-corrected chi connectivity index (χ2v) is 5.31. The molecule has 0 spiro atoms. The molecular weight excluding hydrogens is 275 g/mol. The Morgan fingerprint density at radius 3 is 2.83 bits per heavy atom. The van der Waals surface area contributed by atoms with E-state index in [9.17, 15) is 4.79 Å². The molecule has 0 saturated carbocycles. The summed E-state index contributed by atoms with van der Waals surface area (Å²) < 4.78 is 7.11. The van der Waals surface area contributed by atoms with Gasteiger partial charge >= 0.3 is 0 Å². The van der Waals surface area contributed by atoms with Crippen molar-refractivity contribution in [3.8, 4) is 0 Å². The highest BCUT2D eigenvalue weighted by Gasteiger charge is 2.25. The van der Waals surface area contributed by atoms with Crippen molar-refractivity contribution in [3.05, 3.63) is 21.9 Å². The molecule has 0 aliphatic carbocycles. The molecule has 0 radical (unpaired) electrons. The van der Waals surface area contributed by atoms with E-state index >= 15 is 0 Å². The first-order valence-corrected chi connectivity index (χ1v) is 6.69. The van der Waals surface area contributed by atoms with Crippen LogP contribution in [-0.4, -0.2) is 29.2 Å². The van der Waals surface area contributed by atoms with Crippen molar-refractivity contribution in [2.24, 2.45) is 7.05 Å². The van der Waals surface area contributed by atoms with E-state index in [0.717, 1.165) is 19.4 Å². The highest BCUT2D eigenvalue weighted by atomic mass is 35.5. The van der Waals surface area contributed by atoms with Gasteiger partial charge in [-0.3, -0.25) is 4.79 Å². The molecule has 1 aliphatic rings. The largest absolute Gasteiger partial charge is 0.376 e. The second-order valence-electron chi connectivity index (χ2n) is 4.54. The fourth-order valence-corrected chi connectivity index (χ4v) is 2.51. The van der Waals surface area contributed by atoms with Gasteiger partial charge in [-0.25, -0.2) is 0 Å². The average molecular weight is 291 g/mol. The summed E-state index contributed by atoms with van der Waals surface area (Å²) in [6.07, 6.45) is 2.13. The van der Waals surface area contributed by atoms with Gasteiger partial charge in [-0.2, -0.15) is 0 Å². The van der Waals surface area contributed by atoms with E-state index in [1.54, 1.807) is 17.7 Å². The highest BCUT2D eigenvalue weighted by Crippen LogP contribution is 2.25. The van der Waals surface area contributed by atoms with Gasteiger partial charge in [0.25, 0.3) is 5.91 Å². The Balaban J connectivity index is 2.04. The van der Waals surface area contributed by atoms with Crippen molar-refractivity contribution in [3.63, 3.8) is 0 Å². The van der Waals surface area contributed by atoms with Gasteiger partial charge in [0.2, 0.25) is 0 Å². The van der Waals surface area contributed by atoms with Crippen LogP contribution in [0.1, 0.15) is 30.3 Å². The van der Waals surface area contributed by atoms with Crippen molar-refractivity contribution in [2.75, 3.05) is 6.61 Å². The molecule has 1 N–H and O–H groups in total. The standard InChI is InChI=1S/C12H16Cl2N2O2/c1-7(10-4-3-5-18-10)15-12(17)9-6-8(13)11(14)16(9)2/h6-7,10H,3-5H2,1-2H3,(H,15,17)/t7-,10+/m1/s1. The lowest BCUT2D eigenvalue weighted by molar-refractivity contribution is 0.0707. The number of aromatic nitrogens is 1. The maximum Gasteiger partial charge on any atom is 0.268 e. The van der Waals surface area contributed by atoms with Crippen LogP contribution in [0.25, 0.3) is 0 Å². The number of ether oxygens (including phenoxy) is 1. The van der Waals surface area contributed by atoms with Crippen molar-refractivity contribution in [1.82, 2.24) is 9.88 Å². The molecule has 1 aromatic rings. The molecule has 4 nitrogen and oxygen atoms in total. The zero-order chi connectivity index (χ0) is 13.3. The quantitative estimate of drug-likeness (QED) is 0.930. The SMILES string of the molecule is C[C@@H](NC(=O)c1cc(Cl)c(Cl)n1C)[C@@H]1CCCO1. The minimum Gasteiger partial charge on any atom is -0.376 e. The molecule has 0 bridgehead atoms. The van der Waals surface area contributed by atoms with Crippen LogP contribution in [0.2, 0.25) is 10.2 Å². The Kier molecular flexibility index (Phi) is 4.20. The summed E-state index contributed by atoms with van der Waals surface area (Å²) in [5, 5.41) is 3.67. The summed E-state index contributed by atoms with van der Waals surface area (Å²) in [5.41, 5.74) is 0.454. The van der Waals surface area contributed by atoms with E-state index in [2.05, 4.69) is 5.32 Å². The summed E-state index contributed by atoms with van der Waals surface area (Å²) in [7, 11) is 1.71. The minimum absolute atomic E-state index is 0.0209. The number of rotatable bonds is 3. The molecule has 0 unspecified atom stereocenters. The number of nitrogens with one attached hydrogen (secondary N) is 1. The third-order valence-corrected chi connectivity index (χ3v) is 4.07. The maximum atomic E-state index is 12.1. The van der Waals surface area contributed by atoms with Crippen LogP contribution in [-0.2, 0) is 11.8 Å². The number of halogens is 2. The van der Waals surface area contributed by atoms with Crippen LogP contribution in [0.5, 0.6) is 0 Å². The summed E-state index contributed by atoms with van der Waals surface area (Å²) >= 11 is 11.8. The molecule has 2 atom stereocenters. The van der Waals surface area contributed by atoms with Crippen LogP contribution in [0.3, 0.4) is 0 Å². The first-order chi connectivity index (χ1) is 8.50. The lowest BCUT2D eigenvalue weighted by Crippen LogP contribution is -2.41. The third-order valence-electron chi connectivity index (χ3n) is 3.23. The highest BCUT2D eigenvalue weighted by molar-refractivity contribution is 6.41. The van der Waals surface area contributed by atoms with Crippen LogP contribution >= 0.6 is 23.2 Å². The van der Waals surface area contributed by atoms with Crippen molar-refractivity contribution in [1.29, 1.82) is 0 Å². The zero-order valence-electron chi connectivity index (χ0n) is 10.4. The normalized spacial score (nSPS) is 21.0. The number of hydrogen-bond acceptors (Lipinski definition) is 2. The zero-order valence-corrected chi connectivity index (χ0v) is 11.9. The lowest BCUT2D eigenvalue weighted by Gasteiger charge is -2.20. The number of nitrogens with zero attached hydrogens (tertiary/aromatic N) is 1. The summed E-state index contributed by atoms with van der Waals surface area (Å²) in [5.74, 6) is -0.186. The Morgan fingerprint density at radius 1 is 1.61 bits per heavy atom. The topological polar surface area (TPSA) is 43.3 Å².